The highest BCUT2D eigenvalue weighted by Crippen LogP contribution is 2.65. The number of aliphatic hydroxyl groups is 1. The van der Waals surface area contributed by atoms with Crippen molar-refractivity contribution in [2.75, 3.05) is 20.8 Å². The van der Waals surface area contributed by atoms with Crippen LogP contribution in [-0.2, 0) is 11.3 Å². The zero-order valence-electron chi connectivity index (χ0n) is 23.3. The van der Waals surface area contributed by atoms with Gasteiger partial charge in [-0.25, -0.2) is 0 Å². The van der Waals surface area contributed by atoms with Gasteiger partial charge >= 0.3 is 0 Å². The van der Waals surface area contributed by atoms with Crippen LogP contribution in [0.1, 0.15) is 93.1 Å². The zero-order chi connectivity index (χ0) is 26.3. The van der Waals surface area contributed by atoms with Crippen LogP contribution in [0, 0.1) is 58.2 Å². The van der Waals surface area contributed by atoms with Gasteiger partial charge in [-0.05, 0) is 135 Å². The average molecular weight is 507 g/mol. The maximum absolute atomic E-state index is 13.4. The molecule has 37 heavy (non-hydrogen) atoms. The van der Waals surface area contributed by atoms with Crippen LogP contribution in [0.25, 0.3) is 0 Å². The molecular weight excluding hydrogens is 460 g/mol. The van der Waals surface area contributed by atoms with Crippen LogP contribution in [0.2, 0.25) is 0 Å². The lowest BCUT2D eigenvalue weighted by molar-refractivity contribution is -0.0786. The van der Waals surface area contributed by atoms with Crippen molar-refractivity contribution in [3.05, 3.63) is 34.9 Å². The van der Waals surface area contributed by atoms with E-state index >= 15 is 0 Å². The number of methoxy groups -OCH3 is 1. The normalized spacial score (nSPS) is 38.9. The van der Waals surface area contributed by atoms with E-state index in [4.69, 9.17) is 9.84 Å². The van der Waals surface area contributed by atoms with Gasteiger partial charge < -0.3 is 14.7 Å². The molecule has 5 heteroatoms. The second kappa shape index (κ2) is 10.7. The summed E-state index contributed by atoms with van der Waals surface area (Å²) in [5.41, 5.74) is 2.85. The molecule has 1 aromatic rings. The Labute approximate surface area is 223 Å². The summed E-state index contributed by atoms with van der Waals surface area (Å²) >= 11 is 0. The van der Waals surface area contributed by atoms with Crippen LogP contribution >= 0.6 is 0 Å². The van der Waals surface area contributed by atoms with Crippen molar-refractivity contribution in [2.45, 2.75) is 84.2 Å². The van der Waals surface area contributed by atoms with Crippen molar-refractivity contribution in [2.24, 2.45) is 46.8 Å². The fraction of sp³-hybridized carbons (Fsp3) is 0.750. The molecule has 0 aromatic heterocycles. The Balaban J connectivity index is 0.00000137. The predicted octanol–water partition coefficient (Wildman–Crippen LogP) is 6.04. The number of rotatable bonds is 4. The zero-order valence-corrected chi connectivity index (χ0v) is 23.3. The average Bonchev–Trinajstić information content (AvgIpc) is 3.45. The number of nitrogens with zero attached hydrogens (tertiary/aromatic N) is 2. The summed E-state index contributed by atoms with van der Waals surface area (Å²) in [7, 11) is 2.86. The van der Waals surface area contributed by atoms with Gasteiger partial charge in [0, 0.05) is 39.0 Å². The van der Waals surface area contributed by atoms with Gasteiger partial charge in [0.05, 0.1) is 11.6 Å². The van der Waals surface area contributed by atoms with Gasteiger partial charge in [0.25, 0.3) is 5.91 Å². The van der Waals surface area contributed by atoms with E-state index < -0.39 is 0 Å². The number of benzene rings is 1. The molecule has 5 aliphatic rings. The summed E-state index contributed by atoms with van der Waals surface area (Å²) in [6.45, 7) is 6.52. The number of carbonyl (C=O) groups is 1. The lowest BCUT2D eigenvalue weighted by Crippen LogP contribution is -2.51. The first-order valence-corrected chi connectivity index (χ1v) is 14.7. The second-order valence-electron chi connectivity index (χ2n) is 13.0. The molecule has 6 rings (SSSR count). The highest BCUT2D eigenvalue weighted by atomic mass is 16.5. The number of nitriles is 1. The third kappa shape index (κ3) is 4.43. The molecule has 0 bridgehead atoms. The minimum Gasteiger partial charge on any atom is -0.400 e. The van der Waals surface area contributed by atoms with Crippen LogP contribution in [-0.4, -0.2) is 42.8 Å². The van der Waals surface area contributed by atoms with Crippen molar-refractivity contribution in [3.63, 3.8) is 0 Å². The molecule has 1 aliphatic heterocycles. The van der Waals surface area contributed by atoms with Gasteiger partial charge in [-0.3, -0.25) is 4.79 Å². The van der Waals surface area contributed by atoms with E-state index in [-0.39, 0.29) is 11.9 Å². The molecular formula is C32H46N2O3. The maximum atomic E-state index is 13.4. The topological polar surface area (TPSA) is 73.6 Å². The standard InChI is InChI=1S/C31H42N2O2.CH4O/c1-19(33-17-23-14-20(16-32)4-8-25(23)30(33)34)28-10-11-29-27-9-6-22-15-21(18-35-3)5-7-24(22)26(27)12-13-31(28,29)2;1-2/h4,8,14,19,21-22,24,26-29H,5-7,9-13,15,17-18H2,1-3H3;2H,1H3. The molecule has 5 nitrogen and oxygen atoms in total. The van der Waals surface area contributed by atoms with Crippen molar-refractivity contribution < 1.29 is 14.6 Å². The largest absolute Gasteiger partial charge is 0.400 e. The highest BCUT2D eigenvalue weighted by Gasteiger charge is 2.58. The van der Waals surface area contributed by atoms with Gasteiger partial charge in [0.2, 0.25) is 0 Å². The molecule has 4 saturated carbocycles. The molecule has 202 valence electrons. The monoisotopic (exact) mass is 506 g/mol. The quantitative estimate of drug-likeness (QED) is 0.540. The van der Waals surface area contributed by atoms with Gasteiger partial charge in [0.15, 0.2) is 0 Å². The van der Waals surface area contributed by atoms with E-state index in [0.29, 0.717) is 23.4 Å². The first-order valence-electron chi connectivity index (χ1n) is 14.7. The lowest BCUT2D eigenvalue weighted by Gasteiger charge is -2.57. The van der Waals surface area contributed by atoms with E-state index in [0.717, 1.165) is 60.4 Å². The van der Waals surface area contributed by atoms with Gasteiger partial charge in [0.1, 0.15) is 0 Å². The molecule has 0 radical (unpaired) electrons. The Bertz CT molecular complexity index is 1030. The molecule has 9 unspecified atom stereocenters. The number of ether oxygens (including phenoxy) is 1. The number of aliphatic hydroxyl groups excluding tert-OH is 1. The molecule has 0 spiro atoms. The molecule has 0 saturated heterocycles. The number of hydrogen-bond donors (Lipinski definition) is 1. The summed E-state index contributed by atoms with van der Waals surface area (Å²) in [5.74, 6) is 6.09. The summed E-state index contributed by atoms with van der Waals surface area (Å²) in [4.78, 5) is 15.5. The highest BCUT2D eigenvalue weighted by molar-refractivity contribution is 5.98. The number of fused-ring (bicyclic) bond motifs is 6. The van der Waals surface area contributed by atoms with Crippen molar-refractivity contribution >= 4 is 5.91 Å². The van der Waals surface area contributed by atoms with Gasteiger partial charge in [-0.2, -0.15) is 5.26 Å². The van der Waals surface area contributed by atoms with Crippen LogP contribution in [0.15, 0.2) is 18.2 Å². The Hall–Kier alpha value is -1.90. The third-order valence-corrected chi connectivity index (χ3v) is 11.7. The fourth-order valence-corrected chi connectivity index (χ4v) is 10.1. The Morgan fingerprint density at radius 2 is 1.89 bits per heavy atom. The van der Waals surface area contributed by atoms with Crippen molar-refractivity contribution in [3.8, 4) is 6.07 Å². The molecule has 4 fully saturated rings. The lowest BCUT2D eigenvalue weighted by atomic mass is 9.49. The molecule has 9 atom stereocenters. The summed E-state index contributed by atoms with van der Waals surface area (Å²) in [5, 5.41) is 16.3. The fourth-order valence-electron chi connectivity index (χ4n) is 10.1. The van der Waals surface area contributed by atoms with Crippen molar-refractivity contribution in [1.82, 2.24) is 4.90 Å². The Morgan fingerprint density at radius 1 is 1.11 bits per heavy atom. The van der Waals surface area contributed by atoms with E-state index in [1.54, 1.807) is 6.07 Å². The number of amides is 1. The Kier molecular flexibility index (Phi) is 7.72. The minimum atomic E-state index is 0.172. The second-order valence-corrected chi connectivity index (χ2v) is 13.0. The van der Waals surface area contributed by atoms with Crippen LogP contribution in [0.3, 0.4) is 0 Å². The molecule has 1 amide bonds. The third-order valence-electron chi connectivity index (χ3n) is 11.7. The Morgan fingerprint density at radius 3 is 2.65 bits per heavy atom. The summed E-state index contributed by atoms with van der Waals surface area (Å²) in [6, 6.07) is 8.07. The van der Waals surface area contributed by atoms with Gasteiger partial charge in [-0.15, -0.1) is 0 Å². The summed E-state index contributed by atoms with van der Waals surface area (Å²) < 4.78 is 5.51. The number of hydrogen-bond acceptors (Lipinski definition) is 4. The first kappa shape index (κ1) is 26.7. The predicted molar refractivity (Wildman–Crippen MR) is 145 cm³/mol. The molecule has 1 heterocycles. The minimum absolute atomic E-state index is 0.172. The maximum Gasteiger partial charge on any atom is 0.254 e. The molecule has 1 N–H and O–H groups in total. The van der Waals surface area contributed by atoms with Crippen molar-refractivity contribution in [1.29, 1.82) is 5.26 Å². The van der Waals surface area contributed by atoms with E-state index in [2.05, 4.69) is 24.8 Å². The number of carbonyl (C=O) groups excluding carboxylic acids is 1. The smallest absolute Gasteiger partial charge is 0.254 e. The van der Waals surface area contributed by atoms with Crippen LogP contribution < -0.4 is 0 Å². The van der Waals surface area contributed by atoms with E-state index in [9.17, 15) is 10.1 Å². The summed E-state index contributed by atoms with van der Waals surface area (Å²) in [6.07, 6.45) is 12.4. The van der Waals surface area contributed by atoms with Crippen LogP contribution in [0.5, 0.6) is 0 Å². The van der Waals surface area contributed by atoms with E-state index in [1.807, 2.05) is 19.2 Å². The SMILES string of the molecule is CO.COCC1CCC2C(CCC3C2CCC2(C)C3CCC2C(C)N2Cc3cc(C#N)ccc3C2=O)C1. The van der Waals surface area contributed by atoms with E-state index in [1.165, 1.54) is 57.8 Å². The first-order chi connectivity index (χ1) is 17.9. The van der Waals surface area contributed by atoms with Gasteiger partial charge in [-0.1, -0.05) is 6.92 Å². The molecule has 1 aromatic carbocycles. The molecule has 4 aliphatic carbocycles. The van der Waals surface area contributed by atoms with Crippen LogP contribution in [0.4, 0.5) is 0 Å².